The topological polar surface area (TPSA) is 49.0 Å². The van der Waals surface area contributed by atoms with Gasteiger partial charge in [0.25, 0.3) is 0 Å². The Morgan fingerprint density at radius 1 is 1.20 bits per heavy atom. The van der Waals surface area contributed by atoms with E-state index in [1.807, 2.05) is 25.1 Å². The zero-order chi connectivity index (χ0) is 10.9. The highest BCUT2D eigenvalue weighted by molar-refractivity contribution is 7.81. The molecule has 1 aliphatic rings. The molecule has 84 valence electrons. The Hall–Kier alpha value is -0.780. The SMILES string of the molecule is C1CNCCN1.Cc1cccc(NS)n1. The number of nitrogens with one attached hydrogen (secondary N) is 3. The number of rotatable bonds is 1. The highest BCUT2D eigenvalue weighted by atomic mass is 32.1. The number of hydrogen-bond acceptors (Lipinski definition) is 5. The molecule has 4 nitrogen and oxygen atoms in total. The van der Waals surface area contributed by atoms with Gasteiger partial charge in [-0.05, 0) is 19.1 Å². The molecule has 1 aromatic heterocycles. The molecule has 1 aromatic rings. The van der Waals surface area contributed by atoms with Gasteiger partial charge in [0.05, 0.1) is 0 Å². The van der Waals surface area contributed by atoms with E-state index in [9.17, 15) is 0 Å². The van der Waals surface area contributed by atoms with Crippen molar-refractivity contribution in [3.05, 3.63) is 23.9 Å². The fourth-order valence-electron chi connectivity index (χ4n) is 1.21. The van der Waals surface area contributed by atoms with Crippen molar-refractivity contribution in [2.24, 2.45) is 0 Å². The summed E-state index contributed by atoms with van der Waals surface area (Å²) in [6.07, 6.45) is 0. The predicted octanol–water partition coefficient (Wildman–Crippen LogP) is 0.826. The standard InChI is InChI=1S/C6H8N2S.C4H10N2/c1-5-3-2-4-6(7-5)8-9;1-2-6-4-3-5-1/h2-4,9H,1H3,(H,7,8);5-6H,1-4H2. The molecule has 3 N–H and O–H groups in total. The summed E-state index contributed by atoms with van der Waals surface area (Å²) in [6, 6.07) is 5.73. The molecular formula is C10H18N4S. The first-order chi connectivity index (χ1) is 7.33. The maximum atomic E-state index is 4.10. The first kappa shape index (κ1) is 12.3. The minimum atomic E-state index is 0.790. The largest absolute Gasteiger partial charge is 0.317 e. The van der Waals surface area contributed by atoms with Crippen LogP contribution >= 0.6 is 12.8 Å². The van der Waals surface area contributed by atoms with Crippen molar-refractivity contribution in [1.29, 1.82) is 0 Å². The van der Waals surface area contributed by atoms with E-state index in [-0.39, 0.29) is 0 Å². The monoisotopic (exact) mass is 226 g/mol. The summed E-state index contributed by atoms with van der Waals surface area (Å²) in [6.45, 7) is 6.49. The predicted molar refractivity (Wildman–Crippen MR) is 67.3 cm³/mol. The molecular weight excluding hydrogens is 208 g/mol. The van der Waals surface area contributed by atoms with Gasteiger partial charge in [-0.1, -0.05) is 18.9 Å². The smallest absolute Gasteiger partial charge is 0.135 e. The van der Waals surface area contributed by atoms with Crippen molar-refractivity contribution in [3.8, 4) is 0 Å². The van der Waals surface area contributed by atoms with E-state index >= 15 is 0 Å². The quantitative estimate of drug-likeness (QED) is 0.536. The van der Waals surface area contributed by atoms with Gasteiger partial charge in [0.15, 0.2) is 0 Å². The Labute approximate surface area is 96.4 Å². The van der Waals surface area contributed by atoms with Crippen LogP contribution in [0.4, 0.5) is 5.82 Å². The van der Waals surface area contributed by atoms with Crippen LogP contribution in [0.2, 0.25) is 0 Å². The Morgan fingerprint density at radius 2 is 1.80 bits per heavy atom. The lowest BCUT2D eigenvalue weighted by molar-refractivity contribution is 0.534. The molecule has 1 saturated heterocycles. The van der Waals surface area contributed by atoms with Gasteiger partial charge in [0.2, 0.25) is 0 Å². The third kappa shape index (κ3) is 5.61. The third-order valence-corrected chi connectivity index (χ3v) is 2.19. The van der Waals surface area contributed by atoms with E-state index in [0.29, 0.717) is 0 Å². The van der Waals surface area contributed by atoms with Crippen LogP contribution in [0.25, 0.3) is 0 Å². The average molecular weight is 226 g/mol. The lowest BCUT2D eigenvalue weighted by atomic mass is 10.4. The highest BCUT2D eigenvalue weighted by Crippen LogP contribution is 2.03. The maximum absolute atomic E-state index is 4.10. The zero-order valence-electron chi connectivity index (χ0n) is 8.95. The molecule has 15 heavy (non-hydrogen) atoms. The summed E-state index contributed by atoms with van der Waals surface area (Å²) < 4.78 is 2.65. The fraction of sp³-hybridized carbons (Fsp3) is 0.500. The number of hydrogen-bond donors (Lipinski definition) is 4. The van der Waals surface area contributed by atoms with Gasteiger partial charge in [-0.15, -0.1) is 0 Å². The normalized spacial score (nSPS) is 15.1. The van der Waals surface area contributed by atoms with Gasteiger partial charge in [-0.25, -0.2) is 4.98 Å². The molecule has 0 aliphatic carbocycles. The molecule has 0 saturated carbocycles. The van der Waals surface area contributed by atoms with E-state index in [1.165, 1.54) is 0 Å². The summed E-state index contributed by atoms with van der Waals surface area (Å²) in [5, 5.41) is 6.44. The Balaban J connectivity index is 0.000000162. The van der Waals surface area contributed by atoms with Crippen LogP contribution in [0.5, 0.6) is 0 Å². The summed E-state index contributed by atoms with van der Waals surface area (Å²) in [4.78, 5) is 4.10. The highest BCUT2D eigenvalue weighted by Gasteiger charge is 1.91. The Bertz CT molecular complexity index is 264. The molecule has 1 aliphatic heterocycles. The van der Waals surface area contributed by atoms with Gasteiger partial charge >= 0.3 is 0 Å². The number of pyridine rings is 1. The number of thiol groups is 1. The number of anilines is 1. The first-order valence-electron chi connectivity index (χ1n) is 5.08. The molecule has 2 heterocycles. The van der Waals surface area contributed by atoms with Crippen molar-refractivity contribution in [2.45, 2.75) is 6.92 Å². The van der Waals surface area contributed by atoms with Crippen LogP contribution in [0, 0.1) is 6.92 Å². The van der Waals surface area contributed by atoms with E-state index in [4.69, 9.17) is 0 Å². The fourth-order valence-corrected chi connectivity index (χ4v) is 1.33. The van der Waals surface area contributed by atoms with Crippen molar-refractivity contribution in [1.82, 2.24) is 15.6 Å². The van der Waals surface area contributed by atoms with Gasteiger partial charge in [0.1, 0.15) is 5.82 Å². The van der Waals surface area contributed by atoms with E-state index < -0.39 is 0 Å². The molecule has 0 radical (unpaired) electrons. The average Bonchev–Trinajstić information content (AvgIpc) is 2.32. The summed E-state index contributed by atoms with van der Waals surface area (Å²) in [5.74, 6) is 0.790. The number of aromatic nitrogens is 1. The van der Waals surface area contributed by atoms with Crippen LogP contribution in [-0.4, -0.2) is 31.2 Å². The number of aryl methyl sites for hydroxylation is 1. The van der Waals surface area contributed by atoms with Gasteiger partial charge < -0.3 is 15.4 Å². The molecule has 0 bridgehead atoms. The second kappa shape index (κ2) is 7.50. The Kier molecular flexibility index (Phi) is 6.15. The van der Waals surface area contributed by atoms with Gasteiger partial charge in [-0.2, -0.15) is 0 Å². The molecule has 2 rings (SSSR count). The second-order valence-corrected chi connectivity index (χ2v) is 3.50. The van der Waals surface area contributed by atoms with Crippen molar-refractivity contribution < 1.29 is 0 Å². The van der Waals surface area contributed by atoms with Crippen molar-refractivity contribution >= 4 is 18.6 Å². The van der Waals surface area contributed by atoms with Crippen molar-refractivity contribution in [2.75, 3.05) is 30.9 Å². The van der Waals surface area contributed by atoms with E-state index in [1.54, 1.807) is 0 Å². The van der Waals surface area contributed by atoms with Gasteiger partial charge in [0, 0.05) is 31.9 Å². The van der Waals surface area contributed by atoms with Crippen LogP contribution in [-0.2, 0) is 0 Å². The molecule has 0 atom stereocenters. The molecule has 0 aromatic carbocycles. The van der Waals surface area contributed by atoms with Crippen molar-refractivity contribution in [3.63, 3.8) is 0 Å². The first-order valence-corrected chi connectivity index (χ1v) is 5.53. The summed E-state index contributed by atoms with van der Waals surface area (Å²) in [5.41, 5.74) is 0.994. The Morgan fingerprint density at radius 3 is 2.13 bits per heavy atom. The summed E-state index contributed by atoms with van der Waals surface area (Å²) in [7, 11) is 0. The number of piperazine rings is 1. The molecule has 0 spiro atoms. The van der Waals surface area contributed by atoms with Crippen LogP contribution in [0.15, 0.2) is 18.2 Å². The van der Waals surface area contributed by atoms with Gasteiger partial charge in [-0.3, -0.25) is 0 Å². The minimum Gasteiger partial charge on any atom is -0.317 e. The second-order valence-electron chi connectivity index (χ2n) is 3.28. The molecule has 1 fully saturated rings. The zero-order valence-corrected chi connectivity index (χ0v) is 9.85. The van der Waals surface area contributed by atoms with E-state index in [0.717, 1.165) is 37.7 Å². The van der Waals surface area contributed by atoms with E-state index in [2.05, 4.69) is 33.2 Å². The van der Waals surface area contributed by atoms with Crippen LogP contribution in [0.1, 0.15) is 5.69 Å². The van der Waals surface area contributed by atoms with Crippen LogP contribution < -0.4 is 15.4 Å². The summed E-state index contributed by atoms with van der Waals surface area (Å²) >= 11 is 3.84. The lowest BCUT2D eigenvalue weighted by Crippen LogP contribution is -2.39. The molecule has 5 heteroatoms. The third-order valence-electron chi connectivity index (χ3n) is 1.96. The molecule has 0 amide bonds. The number of nitrogens with zero attached hydrogens (tertiary/aromatic N) is 1. The molecule has 0 unspecified atom stereocenters. The van der Waals surface area contributed by atoms with Crippen LogP contribution in [0.3, 0.4) is 0 Å². The maximum Gasteiger partial charge on any atom is 0.135 e. The lowest BCUT2D eigenvalue weighted by Gasteiger charge is -2.11. The minimum absolute atomic E-state index is 0.790.